The van der Waals surface area contributed by atoms with Gasteiger partial charge in [0.2, 0.25) is 0 Å². The van der Waals surface area contributed by atoms with E-state index in [2.05, 4.69) is 9.97 Å². The van der Waals surface area contributed by atoms with Crippen LogP contribution >= 0.6 is 0 Å². The summed E-state index contributed by atoms with van der Waals surface area (Å²) in [7, 11) is 0. The molecule has 2 heterocycles. The van der Waals surface area contributed by atoms with E-state index in [0.717, 1.165) is 10.9 Å². The Kier molecular flexibility index (Phi) is 2.68. The molecule has 0 aliphatic rings. The van der Waals surface area contributed by atoms with Crippen LogP contribution in [0.15, 0.2) is 54.7 Å². The zero-order chi connectivity index (χ0) is 13.2. The second-order valence-electron chi connectivity index (χ2n) is 4.16. The van der Waals surface area contributed by atoms with Crippen molar-refractivity contribution in [2.45, 2.75) is 0 Å². The lowest BCUT2D eigenvalue weighted by molar-refractivity contribution is 0.100. The monoisotopic (exact) mass is 249 g/mol. The molecule has 2 aromatic heterocycles. The molecule has 0 spiro atoms. The average molecular weight is 249 g/mol. The summed E-state index contributed by atoms with van der Waals surface area (Å²) >= 11 is 0. The molecule has 3 rings (SSSR count). The lowest BCUT2D eigenvalue weighted by Gasteiger charge is -2.07. The summed E-state index contributed by atoms with van der Waals surface area (Å²) in [6.07, 6.45) is 1.67. The summed E-state index contributed by atoms with van der Waals surface area (Å²) in [5.74, 6) is -0.489. The summed E-state index contributed by atoms with van der Waals surface area (Å²) in [6.45, 7) is 0. The Hall–Kier alpha value is -2.75. The van der Waals surface area contributed by atoms with E-state index in [9.17, 15) is 4.79 Å². The van der Waals surface area contributed by atoms with Crippen molar-refractivity contribution in [1.29, 1.82) is 0 Å². The molecule has 0 radical (unpaired) electrons. The van der Waals surface area contributed by atoms with Crippen LogP contribution in [0.1, 0.15) is 10.4 Å². The second kappa shape index (κ2) is 4.49. The van der Waals surface area contributed by atoms with Crippen LogP contribution in [0.25, 0.3) is 22.3 Å². The minimum absolute atomic E-state index is 0.409. The van der Waals surface area contributed by atoms with Crippen molar-refractivity contribution in [2.75, 3.05) is 0 Å². The van der Waals surface area contributed by atoms with Gasteiger partial charge in [-0.05, 0) is 18.2 Å². The molecule has 92 valence electrons. The number of rotatable bonds is 2. The first-order valence-corrected chi connectivity index (χ1v) is 5.87. The van der Waals surface area contributed by atoms with Crippen LogP contribution in [-0.2, 0) is 0 Å². The van der Waals surface area contributed by atoms with Crippen molar-refractivity contribution in [3.63, 3.8) is 0 Å². The van der Waals surface area contributed by atoms with Crippen molar-refractivity contribution in [3.8, 4) is 11.3 Å². The maximum Gasteiger partial charge on any atom is 0.250 e. The molecular weight excluding hydrogens is 238 g/mol. The molecular formula is C15H11N3O. The molecule has 0 saturated carbocycles. The molecule has 0 unspecified atom stereocenters. The number of nitrogens with two attached hydrogens (primary N) is 1. The standard InChI is InChI=1S/C15H11N3O/c16-14(19)12-9-11-7-4-8-17-15(11)18-13(12)10-5-2-1-3-6-10/h1-9H,(H2,16,19). The van der Waals surface area contributed by atoms with Crippen LogP contribution in [0, 0.1) is 0 Å². The molecule has 19 heavy (non-hydrogen) atoms. The number of primary amides is 1. The number of aromatic nitrogens is 2. The van der Waals surface area contributed by atoms with Gasteiger partial charge in [-0.3, -0.25) is 4.79 Å². The minimum Gasteiger partial charge on any atom is -0.366 e. The van der Waals surface area contributed by atoms with Crippen molar-refractivity contribution in [2.24, 2.45) is 5.73 Å². The van der Waals surface area contributed by atoms with E-state index < -0.39 is 5.91 Å². The first-order chi connectivity index (χ1) is 9.25. The molecule has 0 aliphatic heterocycles. The number of benzene rings is 1. The molecule has 3 aromatic rings. The number of carbonyl (C=O) groups is 1. The molecule has 1 amide bonds. The van der Waals surface area contributed by atoms with Gasteiger partial charge >= 0.3 is 0 Å². The van der Waals surface area contributed by atoms with E-state index in [1.807, 2.05) is 36.4 Å². The first-order valence-electron chi connectivity index (χ1n) is 5.87. The molecule has 0 saturated heterocycles. The normalized spacial score (nSPS) is 10.5. The highest BCUT2D eigenvalue weighted by molar-refractivity contribution is 6.01. The van der Waals surface area contributed by atoms with Crippen molar-refractivity contribution in [3.05, 3.63) is 60.3 Å². The van der Waals surface area contributed by atoms with E-state index in [1.165, 1.54) is 0 Å². The highest BCUT2D eigenvalue weighted by Gasteiger charge is 2.13. The van der Waals surface area contributed by atoms with Crippen LogP contribution in [0.3, 0.4) is 0 Å². The molecule has 4 nitrogen and oxygen atoms in total. The van der Waals surface area contributed by atoms with Crippen LogP contribution in [0.5, 0.6) is 0 Å². The Morgan fingerprint density at radius 3 is 2.58 bits per heavy atom. The number of nitrogens with zero attached hydrogens (tertiary/aromatic N) is 2. The molecule has 4 heteroatoms. The van der Waals surface area contributed by atoms with Crippen LogP contribution in [0.4, 0.5) is 0 Å². The van der Waals surface area contributed by atoms with Gasteiger partial charge in [0.05, 0.1) is 11.3 Å². The quantitative estimate of drug-likeness (QED) is 0.758. The smallest absolute Gasteiger partial charge is 0.250 e. The van der Waals surface area contributed by atoms with Gasteiger partial charge in [0, 0.05) is 17.1 Å². The third-order valence-corrected chi connectivity index (χ3v) is 2.90. The fourth-order valence-corrected chi connectivity index (χ4v) is 2.01. The Bertz CT molecular complexity index is 754. The van der Waals surface area contributed by atoms with Gasteiger partial charge in [0.15, 0.2) is 5.65 Å². The molecule has 0 bridgehead atoms. The lowest BCUT2D eigenvalue weighted by Crippen LogP contribution is -2.13. The second-order valence-corrected chi connectivity index (χ2v) is 4.16. The highest BCUT2D eigenvalue weighted by Crippen LogP contribution is 2.24. The van der Waals surface area contributed by atoms with Gasteiger partial charge in [-0.1, -0.05) is 30.3 Å². The molecule has 0 atom stereocenters. The minimum atomic E-state index is -0.489. The van der Waals surface area contributed by atoms with E-state index in [-0.39, 0.29) is 0 Å². The van der Waals surface area contributed by atoms with E-state index in [0.29, 0.717) is 16.9 Å². The number of hydrogen-bond donors (Lipinski definition) is 1. The SMILES string of the molecule is NC(=O)c1cc2cccnc2nc1-c1ccccc1. The van der Waals surface area contributed by atoms with Crippen molar-refractivity contribution in [1.82, 2.24) is 9.97 Å². The van der Waals surface area contributed by atoms with Crippen molar-refractivity contribution < 1.29 is 4.79 Å². The van der Waals surface area contributed by atoms with Gasteiger partial charge in [-0.15, -0.1) is 0 Å². The van der Waals surface area contributed by atoms with E-state index in [4.69, 9.17) is 5.73 Å². The Balaban J connectivity index is 2.33. The Labute approximate surface area is 109 Å². The van der Waals surface area contributed by atoms with Gasteiger partial charge in [0.1, 0.15) is 0 Å². The Morgan fingerprint density at radius 1 is 1.05 bits per heavy atom. The lowest BCUT2D eigenvalue weighted by atomic mass is 10.0. The zero-order valence-electron chi connectivity index (χ0n) is 10.1. The van der Waals surface area contributed by atoms with Crippen LogP contribution < -0.4 is 5.73 Å². The number of hydrogen-bond acceptors (Lipinski definition) is 3. The molecule has 2 N–H and O–H groups in total. The number of carbonyl (C=O) groups excluding carboxylic acids is 1. The third-order valence-electron chi connectivity index (χ3n) is 2.90. The maximum atomic E-state index is 11.6. The molecule has 0 aliphatic carbocycles. The Morgan fingerprint density at radius 2 is 1.84 bits per heavy atom. The molecule has 0 fully saturated rings. The van der Waals surface area contributed by atoms with Crippen molar-refractivity contribution >= 4 is 16.9 Å². The summed E-state index contributed by atoms with van der Waals surface area (Å²) in [5.41, 5.74) is 7.88. The summed E-state index contributed by atoms with van der Waals surface area (Å²) in [5, 5.41) is 0.802. The number of amides is 1. The highest BCUT2D eigenvalue weighted by atomic mass is 16.1. The van der Waals surface area contributed by atoms with Gasteiger partial charge in [0.25, 0.3) is 5.91 Å². The average Bonchev–Trinajstić information content (AvgIpc) is 2.46. The summed E-state index contributed by atoms with van der Waals surface area (Å²) in [6, 6.07) is 14.9. The van der Waals surface area contributed by atoms with Crippen LogP contribution in [0.2, 0.25) is 0 Å². The van der Waals surface area contributed by atoms with E-state index >= 15 is 0 Å². The third kappa shape index (κ3) is 2.04. The van der Waals surface area contributed by atoms with Gasteiger partial charge in [-0.2, -0.15) is 0 Å². The predicted molar refractivity (Wildman–Crippen MR) is 73.5 cm³/mol. The topological polar surface area (TPSA) is 68.9 Å². The maximum absolute atomic E-state index is 11.6. The van der Waals surface area contributed by atoms with E-state index in [1.54, 1.807) is 18.3 Å². The van der Waals surface area contributed by atoms with Crippen LogP contribution in [-0.4, -0.2) is 15.9 Å². The zero-order valence-corrected chi connectivity index (χ0v) is 10.1. The summed E-state index contributed by atoms with van der Waals surface area (Å²) < 4.78 is 0. The predicted octanol–water partition coefficient (Wildman–Crippen LogP) is 2.40. The van der Waals surface area contributed by atoms with Gasteiger partial charge < -0.3 is 5.73 Å². The number of pyridine rings is 2. The van der Waals surface area contributed by atoms with Gasteiger partial charge in [-0.25, -0.2) is 9.97 Å². The fraction of sp³-hybridized carbons (Fsp3) is 0. The number of fused-ring (bicyclic) bond motifs is 1. The largest absolute Gasteiger partial charge is 0.366 e. The fourth-order valence-electron chi connectivity index (χ4n) is 2.01. The summed E-state index contributed by atoms with van der Waals surface area (Å²) in [4.78, 5) is 20.3. The first kappa shape index (κ1) is 11.3. The molecule has 1 aromatic carbocycles.